The number of rotatable bonds is 59. The van der Waals surface area contributed by atoms with Crippen molar-refractivity contribution < 1.29 is 64.6 Å². The van der Waals surface area contributed by atoms with E-state index in [-0.39, 0.29) is 12.5 Å². The molecule has 2 aliphatic rings. The molecule has 2 heterocycles. The predicted molar refractivity (Wildman–Crippen MR) is 369 cm³/mol. The molecule has 0 bridgehead atoms. The number of amides is 1. The number of hydrogen-bond donors (Lipinski definition) is 9. The smallest absolute Gasteiger partial charge is 0.220 e. The lowest BCUT2D eigenvalue weighted by Crippen LogP contribution is -2.65. The lowest BCUT2D eigenvalue weighted by molar-refractivity contribution is -0.359. The van der Waals surface area contributed by atoms with Gasteiger partial charge in [-0.2, -0.15) is 0 Å². The molecule has 1 amide bonds. The summed E-state index contributed by atoms with van der Waals surface area (Å²) in [7, 11) is 0. The summed E-state index contributed by atoms with van der Waals surface area (Å²) in [5.74, 6) is -0.208. The lowest BCUT2D eigenvalue weighted by Gasteiger charge is -2.46. The average molecular weight is 1270 g/mol. The Labute approximate surface area is 547 Å². The molecule has 0 radical (unpaired) electrons. The normalized spacial score (nSPS) is 23.5. The maximum Gasteiger partial charge on any atom is 0.220 e. The van der Waals surface area contributed by atoms with Crippen molar-refractivity contribution in [3.05, 3.63) is 97.2 Å². The lowest BCUT2D eigenvalue weighted by atomic mass is 9.97. The van der Waals surface area contributed by atoms with Crippen LogP contribution in [0.25, 0.3) is 0 Å². The number of ether oxygens (including phenoxy) is 4. The van der Waals surface area contributed by atoms with Crippen molar-refractivity contribution in [3.8, 4) is 0 Å². The van der Waals surface area contributed by atoms with Crippen molar-refractivity contribution >= 4 is 5.91 Å². The Morgan fingerprint density at radius 2 is 0.767 bits per heavy atom. The third kappa shape index (κ3) is 43.0. The van der Waals surface area contributed by atoms with Crippen molar-refractivity contribution in [1.82, 2.24) is 5.32 Å². The van der Waals surface area contributed by atoms with Gasteiger partial charge in [0.1, 0.15) is 48.8 Å². The summed E-state index contributed by atoms with van der Waals surface area (Å²) in [6.45, 7) is 2.77. The van der Waals surface area contributed by atoms with Crippen LogP contribution in [0.1, 0.15) is 284 Å². The molecule has 2 aliphatic heterocycles. The Morgan fingerprint density at radius 1 is 0.411 bits per heavy atom. The first-order chi connectivity index (χ1) is 44.1. The molecular formula is C76H133NO13. The molecular weight excluding hydrogens is 1130 g/mol. The maximum absolute atomic E-state index is 13.4. The topological polar surface area (TPSA) is 228 Å². The van der Waals surface area contributed by atoms with Gasteiger partial charge in [-0.05, 0) is 77.0 Å². The van der Waals surface area contributed by atoms with Gasteiger partial charge < -0.3 is 65.1 Å². The largest absolute Gasteiger partial charge is 0.394 e. The quantitative estimate of drug-likeness (QED) is 0.0204. The minimum Gasteiger partial charge on any atom is -0.394 e. The van der Waals surface area contributed by atoms with E-state index in [4.69, 9.17) is 18.9 Å². The fourth-order valence-electron chi connectivity index (χ4n) is 11.5. The Balaban J connectivity index is 1.60. The van der Waals surface area contributed by atoms with E-state index in [1.54, 1.807) is 0 Å². The van der Waals surface area contributed by atoms with Gasteiger partial charge in [0.15, 0.2) is 12.6 Å². The number of hydrogen-bond acceptors (Lipinski definition) is 13. The van der Waals surface area contributed by atoms with Crippen molar-refractivity contribution in [3.63, 3.8) is 0 Å². The van der Waals surface area contributed by atoms with E-state index < -0.39 is 86.8 Å². The van der Waals surface area contributed by atoms with Crippen molar-refractivity contribution in [2.24, 2.45) is 0 Å². The van der Waals surface area contributed by atoms with Crippen LogP contribution >= 0.6 is 0 Å². The summed E-state index contributed by atoms with van der Waals surface area (Å²) in [6.07, 6.45) is 67.1. The van der Waals surface area contributed by atoms with Gasteiger partial charge in [0.05, 0.1) is 32.0 Å². The standard InChI is InChI=1S/C76H133NO13/c1-3-5-7-9-11-13-15-17-19-21-22-23-24-25-26-27-28-29-30-31-32-33-34-35-36-37-38-39-40-41-42-44-46-48-50-52-54-56-58-60-68(81)77-64(65(80)59-57-55-53-51-49-47-45-43-20-18-16-14-12-10-8-6-4-2)63-87-75-73(86)71(84)74(67(62-79)89-75)90-76-72(85)70(83)69(82)66(61-78)88-76/h5,7,11,13,17,19,22-23,25-26,28-29,31-32,34-35,64-67,69-76,78-80,82-86H,3-4,6,8-10,12,14-16,18,20-21,24,27,30,33,36-63H2,1-2H3,(H,77,81)/b7-5-,13-11-,19-17-,23-22-,26-25-,29-28-,32-31-,35-34-. The van der Waals surface area contributed by atoms with Gasteiger partial charge in [0, 0.05) is 6.42 Å². The Kier molecular flexibility index (Phi) is 55.0. The van der Waals surface area contributed by atoms with Crippen molar-refractivity contribution in [2.45, 2.75) is 357 Å². The van der Waals surface area contributed by atoms with Crippen molar-refractivity contribution in [1.29, 1.82) is 0 Å². The molecule has 0 saturated carbocycles. The minimum atomic E-state index is -1.79. The highest BCUT2D eigenvalue weighted by Crippen LogP contribution is 2.30. The summed E-state index contributed by atoms with van der Waals surface area (Å²) in [5, 5.41) is 87.6. The van der Waals surface area contributed by atoms with E-state index in [0.717, 1.165) is 103 Å². The number of nitrogens with one attached hydrogen (secondary N) is 1. The third-order valence-electron chi connectivity index (χ3n) is 17.3. The Bertz CT molecular complexity index is 1880. The van der Waals surface area contributed by atoms with E-state index in [1.807, 2.05) is 0 Å². The highest BCUT2D eigenvalue weighted by Gasteiger charge is 2.51. The summed E-state index contributed by atoms with van der Waals surface area (Å²) in [5.41, 5.74) is 0. The number of aliphatic hydroxyl groups excluding tert-OH is 8. The first-order valence-electron chi connectivity index (χ1n) is 36.5. The number of unbranched alkanes of at least 4 members (excludes halogenated alkanes) is 30. The molecule has 2 saturated heterocycles. The molecule has 9 N–H and O–H groups in total. The SMILES string of the molecule is CC/C=C\C/C=C\C/C=C\C/C=C\C/C=C\C/C=C\C/C=C\C/C=C\CCCCCCCCCCCCCCCCC(=O)NC(COC1OC(CO)C(OC2OC(CO)C(O)C(O)C2O)C(O)C1O)C(O)CCCCCCCCCCCCCCCCCCC. The molecule has 12 unspecified atom stereocenters. The van der Waals surface area contributed by atoms with Crippen LogP contribution in [-0.2, 0) is 23.7 Å². The number of carbonyl (C=O) groups excluding carboxylic acids is 1. The average Bonchev–Trinajstić information content (AvgIpc) is 1.04. The van der Waals surface area contributed by atoms with E-state index in [1.165, 1.54) is 154 Å². The first kappa shape index (κ1) is 83.0. The highest BCUT2D eigenvalue weighted by molar-refractivity contribution is 5.76. The number of carbonyl (C=O) groups is 1. The van der Waals surface area contributed by atoms with Crippen LogP contribution in [0.3, 0.4) is 0 Å². The van der Waals surface area contributed by atoms with Crippen LogP contribution in [0.15, 0.2) is 97.2 Å². The monoisotopic (exact) mass is 1270 g/mol. The molecule has 2 fully saturated rings. The van der Waals surface area contributed by atoms with E-state index in [2.05, 4.69) is 116 Å². The van der Waals surface area contributed by atoms with E-state index >= 15 is 0 Å². The molecule has 0 aliphatic carbocycles. The highest BCUT2D eigenvalue weighted by atomic mass is 16.7. The summed E-state index contributed by atoms with van der Waals surface area (Å²) >= 11 is 0. The molecule has 14 heteroatoms. The Hall–Kier alpha value is -3.09. The molecule has 12 atom stereocenters. The van der Waals surface area contributed by atoms with Crippen LogP contribution < -0.4 is 5.32 Å². The second kappa shape index (κ2) is 59.6. The van der Waals surface area contributed by atoms with Gasteiger partial charge in [-0.1, -0.05) is 297 Å². The molecule has 0 aromatic carbocycles. The second-order valence-electron chi connectivity index (χ2n) is 25.3. The summed E-state index contributed by atoms with van der Waals surface area (Å²) < 4.78 is 22.9. The van der Waals surface area contributed by atoms with Crippen LogP contribution in [0, 0.1) is 0 Å². The van der Waals surface area contributed by atoms with Gasteiger partial charge >= 0.3 is 0 Å². The predicted octanol–water partition coefficient (Wildman–Crippen LogP) is 15.3. The first-order valence-corrected chi connectivity index (χ1v) is 36.5. The number of aliphatic hydroxyl groups is 8. The zero-order valence-corrected chi connectivity index (χ0v) is 56.6. The van der Waals surface area contributed by atoms with E-state index in [9.17, 15) is 45.6 Å². The molecule has 0 spiro atoms. The zero-order valence-electron chi connectivity index (χ0n) is 56.6. The molecule has 0 aromatic heterocycles. The van der Waals surface area contributed by atoms with Crippen LogP contribution in [0.2, 0.25) is 0 Å². The van der Waals surface area contributed by atoms with Gasteiger partial charge in [-0.25, -0.2) is 0 Å². The zero-order chi connectivity index (χ0) is 65.2. The van der Waals surface area contributed by atoms with Crippen LogP contribution in [-0.4, -0.2) is 140 Å². The Morgan fingerprint density at radius 3 is 1.18 bits per heavy atom. The summed E-state index contributed by atoms with van der Waals surface area (Å²) in [6, 6.07) is -0.834. The molecule has 520 valence electrons. The fourth-order valence-corrected chi connectivity index (χ4v) is 11.5. The van der Waals surface area contributed by atoms with Gasteiger partial charge in [-0.15, -0.1) is 0 Å². The molecule has 0 aromatic rings. The van der Waals surface area contributed by atoms with Crippen LogP contribution in [0.4, 0.5) is 0 Å². The van der Waals surface area contributed by atoms with Gasteiger partial charge in [-0.3, -0.25) is 4.79 Å². The molecule has 90 heavy (non-hydrogen) atoms. The molecule has 14 nitrogen and oxygen atoms in total. The summed E-state index contributed by atoms with van der Waals surface area (Å²) in [4.78, 5) is 13.4. The maximum atomic E-state index is 13.4. The minimum absolute atomic E-state index is 0.208. The fraction of sp³-hybridized carbons (Fsp3) is 0.776. The van der Waals surface area contributed by atoms with E-state index in [0.29, 0.717) is 12.8 Å². The van der Waals surface area contributed by atoms with Gasteiger partial charge in [0.2, 0.25) is 5.91 Å². The molecule has 2 rings (SSSR count). The third-order valence-corrected chi connectivity index (χ3v) is 17.3. The number of allylic oxidation sites excluding steroid dienone is 16. The van der Waals surface area contributed by atoms with Crippen LogP contribution in [0.5, 0.6) is 0 Å². The second-order valence-corrected chi connectivity index (χ2v) is 25.3. The van der Waals surface area contributed by atoms with Crippen molar-refractivity contribution in [2.75, 3.05) is 19.8 Å². The van der Waals surface area contributed by atoms with Gasteiger partial charge in [0.25, 0.3) is 0 Å².